The summed E-state index contributed by atoms with van der Waals surface area (Å²) in [6.45, 7) is 9.63. The van der Waals surface area contributed by atoms with Gasteiger partial charge in [0, 0.05) is 31.7 Å². The molecule has 1 heterocycles. The molecule has 3 nitrogen and oxygen atoms in total. The van der Waals surface area contributed by atoms with E-state index >= 15 is 0 Å². The van der Waals surface area contributed by atoms with Crippen LogP contribution in [0.4, 0.5) is 0 Å². The lowest BCUT2D eigenvalue weighted by molar-refractivity contribution is 0.163. The third kappa shape index (κ3) is 4.52. The Balaban J connectivity index is 1.69. The van der Waals surface area contributed by atoms with Crippen molar-refractivity contribution in [2.24, 2.45) is 5.41 Å². The fraction of sp³-hybridized carbons (Fsp3) is 1.00. The average Bonchev–Trinajstić information content (AvgIpc) is 3.01. The lowest BCUT2D eigenvalue weighted by atomic mass is 9.92. The van der Waals surface area contributed by atoms with Gasteiger partial charge in [-0.3, -0.25) is 0 Å². The number of hydrogen-bond donors (Lipinski definition) is 1. The van der Waals surface area contributed by atoms with Crippen LogP contribution in [0.25, 0.3) is 0 Å². The zero-order valence-corrected chi connectivity index (χ0v) is 12.7. The van der Waals surface area contributed by atoms with Gasteiger partial charge in [-0.05, 0) is 51.7 Å². The van der Waals surface area contributed by atoms with E-state index in [2.05, 4.69) is 43.1 Å². The van der Waals surface area contributed by atoms with Crippen molar-refractivity contribution in [3.8, 4) is 0 Å². The zero-order valence-electron chi connectivity index (χ0n) is 12.7. The van der Waals surface area contributed by atoms with Gasteiger partial charge < -0.3 is 15.1 Å². The molecule has 2 aliphatic rings. The standard InChI is InChI=1S/C15H31N3/c1-15(2,11-16-13-7-8-13)12-17(3)10-14-6-5-9-18(14)4/h13-14,16H,5-12H2,1-4H3. The summed E-state index contributed by atoms with van der Waals surface area (Å²) in [6, 6.07) is 1.61. The summed E-state index contributed by atoms with van der Waals surface area (Å²) in [6.07, 6.45) is 5.53. The first-order valence-electron chi connectivity index (χ1n) is 7.58. The molecule has 1 aliphatic heterocycles. The first kappa shape index (κ1) is 14.3. The van der Waals surface area contributed by atoms with Crippen molar-refractivity contribution >= 4 is 0 Å². The summed E-state index contributed by atoms with van der Waals surface area (Å²) in [5.74, 6) is 0. The van der Waals surface area contributed by atoms with Crippen molar-refractivity contribution in [1.82, 2.24) is 15.1 Å². The van der Waals surface area contributed by atoms with Gasteiger partial charge in [0.05, 0.1) is 0 Å². The maximum atomic E-state index is 3.67. The minimum absolute atomic E-state index is 0.383. The van der Waals surface area contributed by atoms with Gasteiger partial charge >= 0.3 is 0 Å². The van der Waals surface area contributed by atoms with Crippen LogP contribution in [0.2, 0.25) is 0 Å². The van der Waals surface area contributed by atoms with E-state index in [1.165, 1.54) is 45.3 Å². The zero-order chi connectivity index (χ0) is 13.2. The topological polar surface area (TPSA) is 18.5 Å². The second-order valence-electron chi connectivity index (χ2n) is 7.29. The fourth-order valence-electron chi connectivity index (χ4n) is 3.13. The molecule has 0 spiro atoms. The Morgan fingerprint density at radius 3 is 2.56 bits per heavy atom. The number of likely N-dealkylation sites (N-methyl/N-ethyl adjacent to an activating group) is 2. The van der Waals surface area contributed by atoms with Crippen LogP contribution in [0.3, 0.4) is 0 Å². The summed E-state index contributed by atoms with van der Waals surface area (Å²) in [4.78, 5) is 5.05. The minimum Gasteiger partial charge on any atom is -0.313 e. The van der Waals surface area contributed by atoms with Gasteiger partial charge in [-0.25, -0.2) is 0 Å². The predicted octanol–water partition coefficient (Wildman–Crippen LogP) is 1.79. The molecule has 1 N–H and O–H groups in total. The van der Waals surface area contributed by atoms with Crippen molar-refractivity contribution in [3.05, 3.63) is 0 Å². The number of nitrogens with one attached hydrogen (secondary N) is 1. The van der Waals surface area contributed by atoms with Crippen LogP contribution in [0, 0.1) is 5.41 Å². The monoisotopic (exact) mass is 253 g/mol. The Labute approximate surface area is 113 Å². The smallest absolute Gasteiger partial charge is 0.0220 e. The molecule has 0 amide bonds. The summed E-state index contributed by atoms with van der Waals surface area (Å²) >= 11 is 0. The Morgan fingerprint density at radius 1 is 1.28 bits per heavy atom. The molecule has 3 heteroatoms. The van der Waals surface area contributed by atoms with E-state index in [0.717, 1.165) is 18.6 Å². The average molecular weight is 253 g/mol. The second-order valence-corrected chi connectivity index (χ2v) is 7.29. The highest BCUT2D eigenvalue weighted by Crippen LogP contribution is 2.23. The van der Waals surface area contributed by atoms with E-state index < -0.39 is 0 Å². The Bertz CT molecular complexity index is 260. The molecular weight excluding hydrogens is 222 g/mol. The lowest BCUT2D eigenvalue weighted by Crippen LogP contribution is -2.43. The molecule has 0 bridgehead atoms. The van der Waals surface area contributed by atoms with E-state index in [0.29, 0.717) is 5.41 Å². The van der Waals surface area contributed by atoms with Gasteiger partial charge in [-0.15, -0.1) is 0 Å². The van der Waals surface area contributed by atoms with Gasteiger partial charge in [-0.1, -0.05) is 13.8 Å². The van der Waals surface area contributed by atoms with Gasteiger partial charge in [0.1, 0.15) is 0 Å². The number of nitrogens with zero attached hydrogens (tertiary/aromatic N) is 2. The van der Waals surface area contributed by atoms with E-state index in [9.17, 15) is 0 Å². The second kappa shape index (κ2) is 5.89. The van der Waals surface area contributed by atoms with E-state index in [1.807, 2.05) is 0 Å². The van der Waals surface area contributed by atoms with E-state index in [4.69, 9.17) is 0 Å². The van der Waals surface area contributed by atoms with Crippen LogP contribution >= 0.6 is 0 Å². The predicted molar refractivity (Wildman–Crippen MR) is 78.0 cm³/mol. The molecular formula is C15H31N3. The molecule has 106 valence electrons. The number of hydrogen-bond acceptors (Lipinski definition) is 3. The molecule has 2 rings (SSSR count). The minimum atomic E-state index is 0.383. The fourth-order valence-corrected chi connectivity index (χ4v) is 3.13. The van der Waals surface area contributed by atoms with Crippen molar-refractivity contribution in [1.29, 1.82) is 0 Å². The molecule has 0 aromatic heterocycles. The van der Waals surface area contributed by atoms with Gasteiger partial charge in [0.2, 0.25) is 0 Å². The van der Waals surface area contributed by atoms with Gasteiger partial charge in [0.25, 0.3) is 0 Å². The van der Waals surface area contributed by atoms with Crippen LogP contribution in [0.5, 0.6) is 0 Å². The van der Waals surface area contributed by atoms with Crippen LogP contribution in [0.1, 0.15) is 39.5 Å². The van der Waals surface area contributed by atoms with Crippen LogP contribution in [-0.4, -0.2) is 62.2 Å². The molecule has 0 radical (unpaired) electrons. The molecule has 1 saturated heterocycles. The number of likely N-dealkylation sites (tertiary alicyclic amines) is 1. The SMILES string of the molecule is CN(CC1CCCN1C)CC(C)(C)CNC1CC1. The maximum absolute atomic E-state index is 3.67. The van der Waals surface area contributed by atoms with Crippen molar-refractivity contribution in [2.75, 3.05) is 40.3 Å². The first-order valence-corrected chi connectivity index (χ1v) is 7.58. The molecule has 0 aromatic carbocycles. The third-order valence-corrected chi connectivity index (χ3v) is 4.34. The normalized spacial score (nSPS) is 26.2. The van der Waals surface area contributed by atoms with E-state index in [1.54, 1.807) is 0 Å². The van der Waals surface area contributed by atoms with Crippen LogP contribution in [0.15, 0.2) is 0 Å². The summed E-state index contributed by atoms with van der Waals surface area (Å²) in [5, 5.41) is 3.67. The Morgan fingerprint density at radius 2 is 2.00 bits per heavy atom. The van der Waals surface area contributed by atoms with Crippen molar-refractivity contribution in [3.63, 3.8) is 0 Å². The van der Waals surface area contributed by atoms with Gasteiger partial charge in [-0.2, -0.15) is 0 Å². The molecule has 1 atom stereocenters. The quantitative estimate of drug-likeness (QED) is 0.746. The molecule has 1 unspecified atom stereocenters. The summed E-state index contributed by atoms with van der Waals surface area (Å²) in [7, 11) is 4.55. The van der Waals surface area contributed by atoms with Crippen LogP contribution in [-0.2, 0) is 0 Å². The van der Waals surface area contributed by atoms with Crippen LogP contribution < -0.4 is 5.32 Å². The highest BCUT2D eigenvalue weighted by atomic mass is 15.2. The van der Waals surface area contributed by atoms with Crippen molar-refractivity contribution < 1.29 is 0 Å². The highest BCUT2D eigenvalue weighted by Gasteiger charge is 2.28. The summed E-state index contributed by atoms with van der Waals surface area (Å²) in [5.41, 5.74) is 0.383. The summed E-state index contributed by atoms with van der Waals surface area (Å²) < 4.78 is 0. The highest BCUT2D eigenvalue weighted by molar-refractivity contribution is 4.86. The first-order chi connectivity index (χ1) is 8.46. The molecule has 1 aliphatic carbocycles. The molecule has 0 aromatic rings. The van der Waals surface area contributed by atoms with E-state index in [-0.39, 0.29) is 0 Å². The molecule has 18 heavy (non-hydrogen) atoms. The Hall–Kier alpha value is -0.120. The Kier molecular flexibility index (Phi) is 4.68. The van der Waals surface area contributed by atoms with Crippen molar-refractivity contribution in [2.45, 2.75) is 51.6 Å². The molecule has 1 saturated carbocycles. The lowest BCUT2D eigenvalue weighted by Gasteiger charge is -2.33. The number of rotatable bonds is 7. The van der Waals surface area contributed by atoms with Gasteiger partial charge in [0.15, 0.2) is 0 Å². The maximum Gasteiger partial charge on any atom is 0.0220 e. The molecule has 2 fully saturated rings. The largest absolute Gasteiger partial charge is 0.313 e. The third-order valence-electron chi connectivity index (χ3n) is 4.34.